The van der Waals surface area contributed by atoms with Crippen molar-refractivity contribution in [3.8, 4) is 0 Å². The maximum atomic E-state index is 8.62. The third-order valence-electron chi connectivity index (χ3n) is 1.45. The van der Waals surface area contributed by atoms with Gasteiger partial charge in [0.15, 0.2) is 0 Å². The van der Waals surface area contributed by atoms with Gasteiger partial charge in [0, 0.05) is 6.61 Å². The number of hydrogen-bond acceptors (Lipinski definition) is 3. The van der Waals surface area contributed by atoms with Gasteiger partial charge in [-0.2, -0.15) is 0 Å². The third kappa shape index (κ3) is 2.64. The van der Waals surface area contributed by atoms with Crippen molar-refractivity contribution < 1.29 is 9.84 Å². The van der Waals surface area contributed by atoms with Crippen molar-refractivity contribution in [3.63, 3.8) is 0 Å². The third-order valence-corrected chi connectivity index (χ3v) is 1.45. The normalized spacial score (nSPS) is 31.2. The van der Waals surface area contributed by atoms with Gasteiger partial charge in [-0.25, -0.2) is 0 Å². The van der Waals surface area contributed by atoms with Crippen LogP contribution in [0.25, 0.3) is 0 Å². The summed E-state index contributed by atoms with van der Waals surface area (Å²) in [5, 5.41) is 8.62. The highest BCUT2D eigenvalue weighted by atomic mass is 16.5. The van der Waals surface area contributed by atoms with E-state index in [2.05, 4.69) is 0 Å². The molecule has 0 radical (unpaired) electrons. The molecule has 1 heterocycles. The first-order valence-electron chi connectivity index (χ1n) is 3.74. The first-order chi connectivity index (χ1) is 4.77. The fraction of sp³-hybridized carbons (Fsp3) is 1.00. The minimum absolute atomic E-state index is 0.0347. The van der Waals surface area contributed by atoms with Crippen LogP contribution in [0.4, 0.5) is 0 Å². The van der Waals surface area contributed by atoms with Crippen LogP contribution < -0.4 is 5.73 Å². The van der Waals surface area contributed by atoms with Crippen LogP contribution in [0.1, 0.15) is 20.3 Å². The molecule has 0 aliphatic carbocycles. The van der Waals surface area contributed by atoms with Crippen LogP contribution in [-0.2, 0) is 4.74 Å². The molecule has 1 atom stereocenters. The number of ether oxygens (including phenoxy) is 1. The molecule has 3 heteroatoms. The molecule has 1 aliphatic rings. The number of aliphatic hydroxyl groups excluding tert-OH is 1. The van der Waals surface area contributed by atoms with Crippen molar-refractivity contribution in [2.24, 2.45) is 5.73 Å². The molecule has 0 amide bonds. The van der Waals surface area contributed by atoms with Crippen LogP contribution in [0.2, 0.25) is 0 Å². The van der Waals surface area contributed by atoms with E-state index in [4.69, 9.17) is 15.6 Å². The molecule has 62 valence electrons. The van der Waals surface area contributed by atoms with E-state index >= 15 is 0 Å². The maximum Gasteiger partial charge on any atom is 0.0669 e. The molecular weight excluding hydrogens is 130 g/mol. The summed E-state index contributed by atoms with van der Waals surface area (Å²) >= 11 is 0. The Bertz CT molecular complexity index is 79.7. The lowest BCUT2D eigenvalue weighted by Gasteiger charge is -2.16. The first kappa shape index (κ1) is 9.88. The van der Waals surface area contributed by atoms with E-state index in [9.17, 15) is 0 Å². The number of nitrogens with two attached hydrogens (primary N) is 1. The summed E-state index contributed by atoms with van der Waals surface area (Å²) in [6, 6.07) is 0. The molecule has 3 nitrogen and oxygen atoms in total. The van der Waals surface area contributed by atoms with Gasteiger partial charge in [-0.05, 0) is 6.42 Å². The number of aliphatic hydroxyl groups is 1. The Morgan fingerprint density at radius 3 is 2.40 bits per heavy atom. The topological polar surface area (TPSA) is 55.5 Å². The molecule has 1 unspecified atom stereocenters. The maximum absolute atomic E-state index is 8.62. The molecule has 1 rings (SSSR count). The monoisotopic (exact) mass is 147 g/mol. The van der Waals surface area contributed by atoms with Gasteiger partial charge < -0.3 is 15.6 Å². The van der Waals surface area contributed by atoms with Crippen LogP contribution in [0, 0.1) is 0 Å². The van der Waals surface area contributed by atoms with Crippen molar-refractivity contribution in [1.29, 1.82) is 0 Å². The summed E-state index contributed by atoms with van der Waals surface area (Å²) in [5.74, 6) is 0. The zero-order chi connectivity index (χ0) is 8.04. The van der Waals surface area contributed by atoms with Crippen LogP contribution in [0.15, 0.2) is 0 Å². The Balaban J connectivity index is 0.000000371. The van der Waals surface area contributed by atoms with Gasteiger partial charge in [-0.15, -0.1) is 0 Å². The van der Waals surface area contributed by atoms with E-state index in [0.717, 1.165) is 6.42 Å². The molecule has 1 fully saturated rings. The molecule has 1 saturated heterocycles. The summed E-state index contributed by atoms with van der Waals surface area (Å²) in [6.45, 7) is 5.23. The highest BCUT2D eigenvalue weighted by Crippen LogP contribution is 2.13. The van der Waals surface area contributed by atoms with Gasteiger partial charge in [-0.1, -0.05) is 13.8 Å². The Morgan fingerprint density at radius 1 is 1.60 bits per heavy atom. The summed E-state index contributed by atoms with van der Waals surface area (Å²) in [5.41, 5.74) is 5.15. The van der Waals surface area contributed by atoms with Crippen molar-refractivity contribution in [2.45, 2.75) is 25.8 Å². The highest BCUT2D eigenvalue weighted by molar-refractivity contribution is 4.86. The van der Waals surface area contributed by atoms with Gasteiger partial charge in [0.05, 0.1) is 18.8 Å². The predicted molar refractivity (Wildman–Crippen MR) is 40.8 cm³/mol. The standard InChI is InChI=1S/C5H11NO2.C2H6/c6-5(3-7)1-2-8-4-5;1-2/h7H,1-4,6H2;1-2H3. The minimum atomic E-state index is -0.431. The highest BCUT2D eigenvalue weighted by Gasteiger charge is 2.28. The van der Waals surface area contributed by atoms with Gasteiger partial charge in [0.2, 0.25) is 0 Å². The van der Waals surface area contributed by atoms with Crippen molar-refractivity contribution in [1.82, 2.24) is 0 Å². The molecule has 0 aromatic rings. The largest absolute Gasteiger partial charge is 0.394 e. The molecule has 0 spiro atoms. The van der Waals surface area contributed by atoms with Gasteiger partial charge in [-0.3, -0.25) is 0 Å². The van der Waals surface area contributed by atoms with E-state index in [1.165, 1.54) is 0 Å². The molecule has 10 heavy (non-hydrogen) atoms. The average molecular weight is 147 g/mol. The van der Waals surface area contributed by atoms with E-state index in [1.54, 1.807) is 0 Å². The Morgan fingerprint density at radius 2 is 2.20 bits per heavy atom. The molecule has 0 aromatic heterocycles. The summed E-state index contributed by atoms with van der Waals surface area (Å²) in [4.78, 5) is 0. The number of rotatable bonds is 1. The SMILES string of the molecule is CC.NC1(CO)CCOC1. The quantitative estimate of drug-likeness (QED) is 0.554. The molecule has 0 bridgehead atoms. The van der Waals surface area contributed by atoms with Crippen LogP contribution in [0.3, 0.4) is 0 Å². The van der Waals surface area contributed by atoms with Crippen molar-refractivity contribution in [2.75, 3.05) is 19.8 Å². The molecule has 0 aromatic carbocycles. The molecular formula is C7H17NO2. The smallest absolute Gasteiger partial charge is 0.0669 e. The van der Waals surface area contributed by atoms with E-state index in [1.807, 2.05) is 13.8 Å². The lowest BCUT2D eigenvalue weighted by atomic mass is 10.0. The second-order valence-corrected chi connectivity index (χ2v) is 2.32. The fourth-order valence-electron chi connectivity index (χ4n) is 0.748. The lowest BCUT2D eigenvalue weighted by Crippen LogP contribution is -2.43. The summed E-state index contributed by atoms with van der Waals surface area (Å²) < 4.78 is 4.97. The van der Waals surface area contributed by atoms with E-state index < -0.39 is 5.54 Å². The summed E-state index contributed by atoms with van der Waals surface area (Å²) in [6.07, 6.45) is 0.781. The predicted octanol–water partition coefficient (Wildman–Crippen LogP) is 0.123. The molecule has 0 saturated carbocycles. The fourth-order valence-corrected chi connectivity index (χ4v) is 0.748. The average Bonchev–Trinajstić information content (AvgIpc) is 2.42. The van der Waals surface area contributed by atoms with Gasteiger partial charge >= 0.3 is 0 Å². The van der Waals surface area contributed by atoms with E-state index in [-0.39, 0.29) is 6.61 Å². The summed E-state index contributed by atoms with van der Waals surface area (Å²) in [7, 11) is 0. The van der Waals surface area contributed by atoms with Crippen LogP contribution in [-0.4, -0.2) is 30.5 Å². The zero-order valence-electron chi connectivity index (χ0n) is 6.76. The molecule has 3 N–H and O–H groups in total. The Hall–Kier alpha value is -0.120. The van der Waals surface area contributed by atoms with Gasteiger partial charge in [0.1, 0.15) is 0 Å². The Labute approximate surface area is 62.2 Å². The lowest BCUT2D eigenvalue weighted by molar-refractivity contribution is 0.143. The van der Waals surface area contributed by atoms with E-state index in [0.29, 0.717) is 13.2 Å². The minimum Gasteiger partial charge on any atom is -0.394 e. The van der Waals surface area contributed by atoms with Gasteiger partial charge in [0.25, 0.3) is 0 Å². The van der Waals surface area contributed by atoms with Crippen molar-refractivity contribution >= 4 is 0 Å². The Kier molecular flexibility index (Phi) is 4.60. The first-order valence-corrected chi connectivity index (χ1v) is 3.74. The second kappa shape index (κ2) is 4.66. The zero-order valence-corrected chi connectivity index (χ0v) is 6.76. The van der Waals surface area contributed by atoms with Crippen LogP contribution in [0.5, 0.6) is 0 Å². The second-order valence-electron chi connectivity index (χ2n) is 2.32. The van der Waals surface area contributed by atoms with Crippen molar-refractivity contribution in [3.05, 3.63) is 0 Å². The number of hydrogen-bond donors (Lipinski definition) is 2. The van der Waals surface area contributed by atoms with Crippen LogP contribution >= 0.6 is 0 Å². The molecule has 1 aliphatic heterocycles.